The molecular weight excluding hydrogens is 478 g/mol. The van der Waals surface area contributed by atoms with Gasteiger partial charge in [0.05, 0.1) is 12.3 Å². The highest BCUT2D eigenvalue weighted by Crippen LogP contribution is 2.34. The van der Waals surface area contributed by atoms with Crippen LogP contribution in [0.2, 0.25) is 0 Å². The van der Waals surface area contributed by atoms with Gasteiger partial charge in [-0.15, -0.1) is 22.7 Å². The van der Waals surface area contributed by atoms with Crippen LogP contribution in [-0.4, -0.2) is 35.4 Å². The molecule has 7 heteroatoms. The zero-order valence-electron chi connectivity index (χ0n) is 20.5. The van der Waals surface area contributed by atoms with Gasteiger partial charge >= 0.3 is 5.97 Å². The van der Waals surface area contributed by atoms with E-state index in [4.69, 9.17) is 14.5 Å². The number of carbonyl (C=O) groups is 1. The molecule has 2 heterocycles. The molecular formula is C28H31NO4S2. The minimum atomic E-state index is -0.939. The third-order valence-electron chi connectivity index (χ3n) is 6.02. The Bertz CT molecular complexity index is 1290. The second kappa shape index (κ2) is 11.3. The molecule has 1 N–H and O–H groups in total. The molecule has 0 bridgehead atoms. The van der Waals surface area contributed by atoms with Crippen LogP contribution in [0, 0.1) is 6.92 Å². The maximum atomic E-state index is 11.5. The summed E-state index contributed by atoms with van der Waals surface area (Å²) in [5.74, 6) is 0.387. The van der Waals surface area contributed by atoms with E-state index in [2.05, 4.69) is 45.0 Å². The Kier molecular flexibility index (Phi) is 8.21. The molecule has 0 saturated heterocycles. The van der Waals surface area contributed by atoms with E-state index in [1.54, 1.807) is 22.7 Å². The van der Waals surface area contributed by atoms with Gasteiger partial charge in [0.2, 0.25) is 0 Å². The highest BCUT2D eigenvalue weighted by atomic mass is 32.1. The second-order valence-electron chi connectivity index (χ2n) is 8.77. The number of hydrogen-bond acceptors (Lipinski definition) is 6. The van der Waals surface area contributed by atoms with E-state index in [-0.39, 0.29) is 0 Å². The zero-order valence-corrected chi connectivity index (χ0v) is 22.2. The number of carboxylic acids is 1. The zero-order chi connectivity index (χ0) is 24.9. The van der Waals surface area contributed by atoms with Crippen molar-refractivity contribution in [3.63, 3.8) is 0 Å². The topological polar surface area (TPSA) is 68.7 Å². The van der Waals surface area contributed by atoms with Crippen molar-refractivity contribution >= 4 is 38.7 Å². The summed E-state index contributed by atoms with van der Waals surface area (Å²) in [7, 11) is 0. The molecule has 0 radical (unpaired) electrons. The third kappa shape index (κ3) is 5.92. The average Bonchev–Trinajstić information content (AvgIpc) is 3.47. The lowest BCUT2D eigenvalue weighted by molar-refractivity contribution is -0.149. The van der Waals surface area contributed by atoms with Crippen LogP contribution < -0.4 is 4.74 Å². The molecule has 184 valence electrons. The predicted molar refractivity (Wildman–Crippen MR) is 144 cm³/mol. The summed E-state index contributed by atoms with van der Waals surface area (Å²) in [5, 5.41) is 13.5. The van der Waals surface area contributed by atoms with Gasteiger partial charge in [-0.25, -0.2) is 9.78 Å². The molecule has 0 spiro atoms. The Hall–Kier alpha value is -2.74. The number of rotatable bonds is 11. The van der Waals surface area contributed by atoms with Crippen molar-refractivity contribution in [2.45, 2.75) is 52.6 Å². The van der Waals surface area contributed by atoms with E-state index in [1.165, 1.54) is 10.4 Å². The molecule has 5 nitrogen and oxygen atoms in total. The second-order valence-corrected chi connectivity index (χ2v) is 10.9. The number of aromatic nitrogens is 1. The van der Waals surface area contributed by atoms with Gasteiger partial charge < -0.3 is 14.6 Å². The molecule has 0 fully saturated rings. The normalized spacial score (nSPS) is 12.4. The summed E-state index contributed by atoms with van der Waals surface area (Å²) >= 11 is 3.32. The first-order chi connectivity index (χ1) is 16.9. The number of hydrogen-bond donors (Lipinski definition) is 1. The van der Waals surface area contributed by atoms with Crippen molar-refractivity contribution in [2.24, 2.45) is 0 Å². The van der Waals surface area contributed by atoms with Gasteiger partial charge in [-0.1, -0.05) is 44.2 Å². The fourth-order valence-corrected chi connectivity index (χ4v) is 5.95. The van der Waals surface area contributed by atoms with Crippen LogP contribution in [0.3, 0.4) is 0 Å². The van der Waals surface area contributed by atoms with Crippen LogP contribution in [0.15, 0.2) is 47.8 Å². The van der Waals surface area contributed by atoms with E-state index in [0.29, 0.717) is 25.6 Å². The van der Waals surface area contributed by atoms with Crippen LogP contribution >= 0.6 is 22.7 Å². The Morgan fingerprint density at radius 1 is 1.11 bits per heavy atom. The highest BCUT2D eigenvalue weighted by molar-refractivity contribution is 7.17. The van der Waals surface area contributed by atoms with Crippen molar-refractivity contribution in [1.82, 2.24) is 4.98 Å². The number of benzene rings is 2. The van der Waals surface area contributed by atoms with Gasteiger partial charge in [-0.3, -0.25) is 0 Å². The molecule has 2 aromatic heterocycles. The lowest BCUT2D eigenvalue weighted by atomic mass is 10.0. The third-order valence-corrected chi connectivity index (χ3v) is 8.07. The minimum Gasteiger partial charge on any atom is -0.493 e. The largest absolute Gasteiger partial charge is 0.493 e. The summed E-state index contributed by atoms with van der Waals surface area (Å²) in [4.78, 5) is 17.6. The van der Waals surface area contributed by atoms with Gasteiger partial charge in [-0.2, -0.15) is 0 Å². The van der Waals surface area contributed by atoms with Crippen molar-refractivity contribution in [1.29, 1.82) is 0 Å². The number of aliphatic carboxylic acids is 1. The smallest absolute Gasteiger partial charge is 0.333 e. The van der Waals surface area contributed by atoms with Crippen molar-refractivity contribution in [2.75, 3.05) is 13.2 Å². The fraction of sp³-hybridized carbons (Fsp3) is 0.357. The number of aryl methyl sites for hydroxylation is 1. The molecule has 0 amide bonds. The van der Waals surface area contributed by atoms with E-state index in [9.17, 15) is 9.90 Å². The number of carboxylic acid groups (broad SMARTS) is 1. The summed E-state index contributed by atoms with van der Waals surface area (Å²) in [5.41, 5.74) is 4.51. The summed E-state index contributed by atoms with van der Waals surface area (Å²) in [6.07, 6.45) is 0.213. The Morgan fingerprint density at radius 3 is 2.57 bits per heavy atom. The van der Waals surface area contributed by atoms with E-state index < -0.39 is 12.1 Å². The molecule has 1 unspecified atom stereocenters. The van der Waals surface area contributed by atoms with Crippen LogP contribution in [0.1, 0.15) is 48.4 Å². The first kappa shape index (κ1) is 25.4. The molecule has 1 atom stereocenters. The molecule has 0 aliphatic heterocycles. The van der Waals surface area contributed by atoms with Crippen LogP contribution in [0.25, 0.3) is 20.7 Å². The molecule has 0 aliphatic carbocycles. The maximum Gasteiger partial charge on any atom is 0.333 e. The van der Waals surface area contributed by atoms with Gasteiger partial charge in [0.25, 0.3) is 0 Å². The maximum absolute atomic E-state index is 11.5. The Balaban J connectivity index is 1.43. The number of nitrogens with zero attached hydrogens (tertiary/aromatic N) is 1. The van der Waals surface area contributed by atoms with Crippen LogP contribution in [0.5, 0.6) is 5.75 Å². The van der Waals surface area contributed by atoms with Gasteiger partial charge in [0.1, 0.15) is 10.8 Å². The quantitative estimate of drug-likeness (QED) is 0.233. The lowest BCUT2D eigenvalue weighted by Crippen LogP contribution is -2.26. The number of fused-ring (bicyclic) bond motifs is 1. The van der Waals surface area contributed by atoms with Crippen molar-refractivity contribution in [3.05, 3.63) is 69.5 Å². The summed E-state index contributed by atoms with van der Waals surface area (Å²) in [6.45, 7) is 9.21. The monoisotopic (exact) mass is 509 g/mol. The number of ether oxygens (including phenoxy) is 2. The minimum absolute atomic E-state index is 0.333. The van der Waals surface area contributed by atoms with Gasteiger partial charge in [0, 0.05) is 40.0 Å². The van der Waals surface area contributed by atoms with Crippen molar-refractivity contribution in [3.8, 4) is 16.3 Å². The van der Waals surface area contributed by atoms with E-state index in [1.807, 2.05) is 30.5 Å². The van der Waals surface area contributed by atoms with E-state index in [0.717, 1.165) is 44.1 Å². The van der Waals surface area contributed by atoms with Crippen LogP contribution in [0.4, 0.5) is 0 Å². The Labute approximate surface area is 214 Å². The van der Waals surface area contributed by atoms with Crippen LogP contribution in [-0.2, 0) is 22.4 Å². The van der Waals surface area contributed by atoms with Crippen molar-refractivity contribution < 1.29 is 19.4 Å². The number of thiophene rings is 1. The molecule has 0 aliphatic rings. The van der Waals surface area contributed by atoms with E-state index >= 15 is 0 Å². The molecule has 0 saturated carbocycles. The van der Waals surface area contributed by atoms with Gasteiger partial charge in [-0.05, 0) is 48.4 Å². The standard InChI is InChI=1S/C28H31NO4S2/c1-5-32-25(28(30)31)16-21-10-11-24(22-13-15-34-26(21)22)33-14-12-23-18(4)35-27(29-23)20-8-6-19(7-9-20)17(2)3/h6-11,13,15,17,25H,5,12,14,16H2,1-4H3,(H,30,31). The molecule has 35 heavy (non-hydrogen) atoms. The first-order valence-corrected chi connectivity index (χ1v) is 13.6. The fourth-order valence-electron chi connectivity index (χ4n) is 4.05. The average molecular weight is 510 g/mol. The molecule has 4 aromatic rings. The highest BCUT2D eigenvalue weighted by Gasteiger charge is 2.20. The SMILES string of the molecule is CCOC(Cc1ccc(OCCc2nc(-c3ccc(C(C)C)cc3)sc2C)c2ccsc12)C(=O)O. The molecule has 4 rings (SSSR count). The van der Waals surface area contributed by atoms with Gasteiger partial charge in [0.15, 0.2) is 6.10 Å². The summed E-state index contributed by atoms with van der Waals surface area (Å²) in [6, 6.07) is 14.6. The number of thiazole rings is 1. The molecule has 2 aromatic carbocycles. The first-order valence-electron chi connectivity index (χ1n) is 11.9. The Morgan fingerprint density at radius 2 is 1.89 bits per heavy atom. The lowest BCUT2D eigenvalue weighted by Gasteiger charge is -2.14. The predicted octanol–water partition coefficient (Wildman–Crippen LogP) is 7.11. The summed E-state index contributed by atoms with van der Waals surface area (Å²) < 4.78 is 12.6.